The topological polar surface area (TPSA) is 56.2 Å². The van der Waals surface area contributed by atoms with Crippen LogP contribution in [0, 0.1) is 0 Å². The third-order valence-corrected chi connectivity index (χ3v) is 2.47. The zero-order valence-electron chi connectivity index (χ0n) is 8.54. The van der Waals surface area contributed by atoms with Gasteiger partial charge in [-0.1, -0.05) is 6.07 Å². The SMILES string of the molecule is Nc1cn2ccc(-c3cccnc3)cc2n1.[HH]. The van der Waals surface area contributed by atoms with Crippen LogP contribution in [0.4, 0.5) is 5.82 Å². The Hall–Kier alpha value is -2.36. The number of pyridine rings is 2. The van der Waals surface area contributed by atoms with Gasteiger partial charge < -0.3 is 10.1 Å². The average Bonchev–Trinajstić information content (AvgIpc) is 2.69. The van der Waals surface area contributed by atoms with Gasteiger partial charge in [0.15, 0.2) is 0 Å². The number of nitrogen functional groups attached to an aromatic ring is 1. The Kier molecular flexibility index (Phi) is 1.86. The molecule has 0 aliphatic carbocycles. The second-order valence-electron chi connectivity index (χ2n) is 3.59. The van der Waals surface area contributed by atoms with E-state index in [1.807, 2.05) is 41.1 Å². The molecule has 0 bridgehead atoms. The predicted molar refractivity (Wildman–Crippen MR) is 64.9 cm³/mol. The van der Waals surface area contributed by atoms with E-state index >= 15 is 0 Å². The second-order valence-corrected chi connectivity index (χ2v) is 3.59. The van der Waals surface area contributed by atoms with Crippen molar-refractivity contribution in [3.8, 4) is 11.1 Å². The fourth-order valence-electron chi connectivity index (χ4n) is 1.71. The van der Waals surface area contributed by atoms with E-state index in [4.69, 9.17) is 5.73 Å². The lowest BCUT2D eigenvalue weighted by molar-refractivity contribution is 1.19. The van der Waals surface area contributed by atoms with Crippen LogP contribution < -0.4 is 5.73 Å². The lowest BCUT2D eigenvalue weighted by Gasteiger charge is -2.00. The molecule has 16 heavy (non-hydrogen) atoms. The van der Waals surface area contributed by atoms with Crippen molar-refractivity contribution in [1.82, 2.24) is 14.4 Å². The van der Waals surface area contributed by atoms with Gasteiger partial charge in [0.2, 0.25) is 0 Å². The monoisotopic (exact) mass is 212 g/mol. The van der Waals surface area contributed by atoms with Crippen molar-refractivity contribution in [2.75, 3.05) is 5.73 Å². The summed E-state index contributed by atoms with van der Waals surface area (Å²) in [6.07, 6.45) is 7.33. The van der Waals surface area contributed by atoms with Crippen molar-refractivity contribution >= 4 is 11.5 Å². The van der Waals surface area contributed by atoms with Gasteiger partial charge in [-0.25, -0.2) is 4.98 Å². The normalized spacial score (nSPS) is 10.8. The van der Waals surface area contributed by atoms with E-state index in [0.29, 0.717) is 5.82 Å². The van der Waals surface area contributed by atoms with Crippen molar-refractivity contribution in [3.63, 3.8) is 0 Å². The zero-order valence-corrected chi connectivity index (χ0v) is 8.54. The number of hydrogen-bond donors (Lipinski definition) is 1. The third-order valence-electron chi connectivity index (χ3n) is 2.47. The first kappa shape index (κ1) is 8.91. The fourth-order valence-corrected chi connectivity index (χ4v) is 1.71. The van der Waals surface area contributed by atoms with Gasteiger partial charge >= 0.3 is 0 Å². The first-order chi connectivity index (χ1) is 7.83. The van der Waals surface area contributed by atoms with Crippen molar-refractivity contribution < 1.29 is 1.43 Å². The number of nitrogens with two attached hydrogens (primary N) is 1. The Morgan fingerprint density at radius 3 is 3.00 bits per heavy atom. The quantitative estimate of drug-likeness (QED) is 0.673. The van der Waals surface area contributed by atoms with Crippen LogP contribution in [0.25, 0.3) is 16.8 Å². The van der Waals surface area contributed by atoms with E-state index in [0.717, 1.165) is 16.8 Å². The number of rotatable bonds is 1. The van der Waals surface area contributed by atoms with Crippen LogP contribution in [0.3, 0.4) is 0 Å². The summed E-state index contributed by atoms with van der Waals surface area (Å²) in [6.45, 7) is 0. The molecule has 0 atom stereocenters. The number of anilines is 1. The molecule has 0 amide bonds. The lowest BCUT2D eigenvalue weighted by atomic mass is 10.1. The Morgan fingerprint density at radius 1 is 1.25 bits per heavy atom. The van der Waals surface area contributed by atoms with Gasteiger partial charge in [-0.3, -0.25) is 4.98 Å². The summed E-state index contributed by atoms with van der Waals surface area (Å²) < 4.78 is 1.90. The zero-order chi connectivity index (χ0) is 11.0. The molecule has 3 aromatic heterocycles. The lowest BCUT2D eigenvalue weighted by Crippen LogP contribution is -1.84. The highest BCUT2D eigenvalue weighted by Crippen LogP contribution is 2.19. The largest absolute Gasteiger partial charge is 0.382 e. The van der Waals surface area contributed by atoms with Crippen LogP contribution in [0.1, 0.15) is 1.43 Å². The van der Waals surface area contributed by atoms with Crippen LogP contribution >= 0.6 is 0 Å². The summed E-state index contributed by atoms with van der Waals surface area (Å²) in [5.74, 6) is 0.531. The maximum Gasteiger partial charge on any atom is 0.142 e. The van der Waals surface area contributed by atoms with Gasteiger partial charge in [0, 0.05) is 25.6 Å². The molecular weight excluding hydrogens is 200 g/mol. The molecule has 0 saturated carbocycles. The van der Waals surface area contributed by atoms with Gasteiger partial charge in [-0.15, -0.1) is 0 Å². The summed E-state index contributed by atoms with van der Waals surface area (Å²) in [7, 11) is 0. The Labute approximate surface area is 93.9 Å². The molecule has 4 nitrogen and oxygen atoms in total. The minimum Gasteiger partial charge on any atom is -0.382 e. The molecular formula is C12H12N4. The molecule has 0 aliphatic rings. The number of imidazole rings is 1. The highest BCUT2D eigenvalue weighted by atomic mass is 15.0. The number of fused-ring (bicyclic) bond motifs is 1. The molecule has 3 heterocycles. The van der Waals surface area contributed by atoms with E-state index in [1.165, 1.54) is 0 Å². The number of aromatic nitrogens is 3. The molecule has 4 heteroatoms. The van der Waals surface area contributed by atoms with Crippen molar-refractivity contribution in [2.24, 2.45) is 0 Å². The van der Waals surface area contributed by atoms with Crippen molar-refractivity contribution in [2.45, 2.75) is 0 Å². The molecule has 2 N–H and O–H groups in total. The molecule has 80 valence electrons. The van der Waals surface area contributed by atoms with Gasteiger partial charge in [-0.05, 0) is 23.8 Å². The Balaban J connectivity index is 0.00000108. The molecule has 3 aromatic rings. The first-order valence-corrected chi connectivity index (χ1v) is 4.97. The van der Waals surface area contributed by atoms with E-state index in [9.17, 15) is 0 Å². The molecule has 0 aromatic carbocycles. The molecule has 0 fully saturated rings. The summed E-state index contributed by atoms with van der Waals surface area (Å²) in [6, 6.07) is 7.95. The summed E-state index contributed by atoms with van der Waals surface area (Å²) >= 11 is 0. The number of nitrogens with zero attached hydrogens (tertiary/aromatic N) is 3. The summed E-state index contributed by atoms with van der Waals surface area (Å²) in [5.41, 5.74) is 8.65. The van der Waals surface area contributed by atoms with E-state index < -0.39 is 0 Å². The molecule has 0 unspecified atom stereocenters. The van der Waals surface area contributed by atoms with Crippen molar-refractivity contribution in [1.29, 1.82) is 0 Å². The maximum absolute atomic E-state index is 5.64. The van der Waals surface area contributed by atoms with Gasteiger partial charge in [0.1, 0.15) is 11.5 Å². The minimum atomic E-state index is 0. The summed E-state index contributed by atoms with van der Waals surface area (Å²) in [5, 5.41) is 0. The molecule has 0 saturated heterocycles. The highest BCUT2D eigenvalue weighted by Gasteiger charge is 2.01. The molecule has 0 radical (unpaired) electrons. The third kappa shape index (κ3) is 1.40. The molecule has 3 rings (SSSR count). The van der Waals surface area contributed by atoms with Gasteiger partial charge in [-0.2, -0.15) is 0 Å². The van der Waals surface area contributed by atoms with E-state index in [1.54, 1.807) is 12.4 Å². The van der Waals surface area contributed by atoms with Crippen LogP contribution in [-0.4, -0.2) is 14.4 Å². The standard InChI is InChI=1S/C12H10N4.H2/c13-11-8-16-5-3-9(6-12(16)15-11)10-2-1-4-14-7-10;/h1-8H,13H2;1H. The molecule has 0 spiro atoms. The summed E-state index contributed by atoms with van der Waals surface area (Å²) in [4.78, 5) is 8.31. The Morgan fingerprint density at radius 2 is 2.19 bits per heavy atom. The fraction of sp³-hybridized carbons (Fsp3) is 0. The first-order valence-electron chi connectivity index (χ1n) is 4.97. The van der Waals surface area contributed by atoms with Crippen LogP contribution in [0.2, 0.25) is 0 Å². The van der Waals surface area contributed by atoms with Crippen LogP contribution in [-0.2, 0) is 0 Å². The van der Waals surface area contributed by atoms with E-state index in [2.05, 4.69) is 9.97 Å². The maximum atomic E-state index is 5.64. The van der Waals surface area contributed by atoms with Gasteiger partial charge in [0.05, 0.1) is 6.20 Å². The average molecular weight is 212 g/mol. The van der Waals surface area contributed by atoms with Gasteiger partial charge in [0.25, 0.3) is 0 Å². The molecule has 0 aliphatic heterocycles. The predicted octanol–water partition coefficient (Wildman–Crippen LogP) is 2.22. The highest BCUT2D eigenvalue weighted by molar-refractivity contribution is 5.67. The Bertz CT molecular complexity index is 633. The van der Waals surface area contributed by atoms with Crippen LogP contribution in [0.5, 0.6) is 0 Å². The smallest absolute Gasteiger partial charge is 0.142 e. The number of hydrogen-bond acceptors (Lipinski definition) is 3. The van der Waals surface area contributed by atoms with Crippen molar-refractivity contribution in [3.05, 3.63) is 49.1 Å². The second kappa shape index (κ2) is 3.34. The minimum absolute atomic E-state index is 0. The van der Waals surface area contributed by atoms with E-state index in [-0.39, 0.29) is 1.43 Å². The van der Waals surface area contributed by atoms with Crippen LogP contribution in [0.15, 0.2) is 49.1 Å².